The zero-order valence-electron chi connectivity index (χ0n) is 10.2. The second-order valence-electron chi connectivity index (χ2n) is 4.27. The molecule has 2 aromatic heterocycles. The summed E-state index contributed by atoms with van der Waals surface area (Å²) in [5.74, 6) is 2.32. The minimum atomic E-state index is -0.224. The minimum Gasteiger partial charge on any atom is -0.461 e. The lowest BCUT2D eigenvalue weighted by molar-refractivity contribution is -0.147. The molecule has 6 heteroatoms. The highest BCUT2D eigenvalue weighted by molar-refractivity contribution is 7.99. The monoisotopic (exact) mass is 295 g/mol. The number of esters is 1. The van der Waals surface area contributed by atoms with Crippen LogP contribution in [-0.2, 0) is 16.0 Å². The van der Waals surface area contributed by atoms with E-state index < -0.39 is 0 Å². The zero-order chi connectivity index (χ0) is 13.1. The first-order valence-corrected chi connectivity index (χ1v) is 8.10. The Hall–Kier alpha value is -1.27. The van der Waals surface area contributed by atoms with Crippen LogP contribution in [-0.4, -0.2) is 28.6 Å². The van der Waals surface area contributed by atoms with Crippen molar-refractivity contribution in [2.45, 2.75) is 18.9 Å². The molecule has 0 spiro atoms. The lowest BCUT2D eigenvalue weighted by Crippen LogP contribution is -2.18. The van der Waals surface area contributed by atoms with Gasteiger partial charge in [-0.1, -0.05) is 6.07 Å². The normalized spacial score (nSPS) is 18.6. The van der Waals surface area contributed by atoms with Crippen molar-refractivity contribution in [3.63, 3.8) is 0 Å². The number of thiophene rings is 1. The lowest BCUT2D eigenvalue weighted by Gasteiger charge is -2.09. The number of rotatable bonds is 4. The number of hydrogen-bond donors (Lipinski definition) is 0. The van der Waals surface area contributed by atoms with E-state index >= 15 is 0 Å². The van der Waals surface area contributed by atoms with Gasteiger partial charge in [-0.05, 0) is 23.6 Å². The summed E-state index contributed by atoms with van der Waals surface area (Å²) in [4.78, 5) is 17.0. The van der Waals surface area contributed by atoms with Crippen LogP contribution in [0.1, 0.15) is 12.1 Å². The first-order chi connectivity index (χ1) is 9.31. The Bertz CT molecular complexity index is 544. The Morgan fingerprint density at radius 3 is 3.26 bits per heavy atom. The van der Waals surface area contributed by atoms with Gasteiger partial charge < -0.3 is 9.15 Å². The van der Waals surface area contributed by atoms with Crippen LogP contribution in [0.25, 0.3) is 10.8 Å². The number of nitrogens with zero attached hydrogens (tertiary/aromatic N) is 1. The zero-order valence-corrected chi connectivity index (χ0v) is 11.8. The van der Waals surface area contributed by atoms with Crippen LogP contribution in [0.15, 0.2) is 28.2 Å². The molecular weight excluding hydrogens is 282 g/mol. The number of ether oxygens (including phenoxy) is 1. The van der Waals surface area contributed by atoms with E-state index in [1.54, 1.807) is 11.3 Å². The Balaban J connectivity index is 1.59. The molecule has 0 saturated carbocycles. The number of carbonyl (C=O) groups excluding carboxylic acids is 1. The summed E-state index contributed by atoms with van der Waals surface area (Å²) in [6, 6.07) is 3.88. The summed E-state index contributed by atoms with van der Waals surface area (Å²) in [5, 5.41) is 1.96. The first-order valence-electron chi connectivity index (χ1n) is 6.07. The molecule has 2 aromatic rings. The average Bonchev–Trinajstić information content (AvgIpc) is 3.09. The van der Waals surface area contributed by atoms with Crippen LogP contribution in [0.3, 0.4) is 0 Å². The van der Waals surface area contributed by atoms with Gasteiger partial charge in [-0.25, -0.2) is 4.98 Å². The molecule has 0 aliphatic carbocycles. The summed E-state index contributed by atoms with van der Waals surface area (Å²) in [5.41, 5.74) is 0.624. The van der Waals surface area contributed by atoms with Gasteiger partial charge in [0.25, 0.3) is 0 Å². The summed E-state index contributed by atoms with van der Waals surface area (Å²) < 4.78 is 10.7. The van der Waals surface area contributed by atoms with E-state index in [4.69, 9.17) is 9.15 Å². The van der Waals surface area contributed by atoms with Crippen molar-refractivity contribution in [3.05, 3.63) is 29.5 Å². The van der Waals surface area contributed by atoms with E-state index in [-0.39, 0.29) is 18.5 Å². The van der Waals surface area contributed by atoms with E-state index in [0.717, 1.165) is 22.8 Å². The second kappa shape index (κ2) is 5.79. The average molecular weight is 295 g/mol. The molecular formula is C13H13NO3S2. The molecule has 0 aromatic carbocycles. The van der Waals surface area contributed by atoms with Gasteiger partial charge in [-0.2, -0.15) is 11.8 Å². The molecule has 1 fully saturated rings. The summed E-state index contributed by atoms with van der Waals surface area (Å²) in [6.07, 6.45) is 2.73. The SMILES string of the molecule is O=C(Cc1coc(-c2cccs2)n1)OC1CCSC1. The molecule has 3 heterocycles. The summed E-state index contributed by atoms with van der Waals surface area (Å²) >= 11 is 3.38. The molecule has 0 N–H and O–H groups in total. The molecule has 1 saturated heterocycles. The van der Waals surface area contributed by atoms with Crippen LogP contribution in [0.4, 0.5) is 0 Å². The van der Waals surface area contributed by atoms with E-state index in [2.05, 4.69) is 4.98 Å². The number of aromatic nitrogens is 1. The fourth-order valence-corrected chi connectivity index (χ4v) is 3.63. The van der Waals surface area contributed by atoms with E-state index in [9.17, 15) is 4.79 Å². The predicted octanol–water partition coefficient (Wildman–Crippen LogP) is 2.99. The molecule has 1 aliphatic heterocycles. The third-order valence-corrected chi connectivity index (χ3v) is 4.78. The first kappa shape index (κ1) is 12.7. The highest BCUT2D eigenvalue weighted by Gasteiger charge is 2.20. The van der Waals surface area contributed by atoms with E-state index in [0.29, 0.717) is 11.6 Å². The molecule has 0 radical (unpaired) electrons. The summed E-state index contributed by atoms with van der Waals surface area (Å²) in [6.45, 7) is 0. The van der Waals surface area contributed by atoms with Crippen LogP contribution in [0.5, 0.6) is 0 Å². The third kappa shape index (κ3) is 3.19. The van der Waals surface area contributed by atoms with E-state index in [1.165, 1.54) is 6.26 Å². The largest absolute Gasteiger partial charge is 0.461 e. The quantitative estimate of drug-likeness (QED) is 0.812. The topological polar surface area (TPSA) is 52.3 Å². The number of hydrogen-bond acceptors (Lipinski definition) is 6. The van der Waals surface area contributed by atoms with E-state index in [1.807, 2.05) is 29.3 Å². The molecule has 1 aliphatic rings. The van der Waals surface area contributed by atoms with Crippen LogP contribution >= 0.6 is 23.1 Å². The number of thioether (sulfide) groups is 1. The van der Waals surface area contributed by atoms with Gasteiger partial charge in [0.05, 0.1) is 17.0 Å². The molecule has 4 nitrogen and oxygen atoms in total. The molecule has 0 bridgehead atoms. The molecule has 19 heavy (non-hydrogen) atoms. The van der Waals surface area contributed by atoms with Crippen LogP contribution in [0.2, 0.25) is 0 Å². The maximum atomic E-state index is 11.8. The van der Waals surface area contributed by atoms with Crippen molar-refractivity contribution in [2.24, 2.45) is 0 Å². The fraction of sp³-hybridized carbons (Fsp3) is 0.385. The molecule has 1 unspecified atom stereocenters. The molecule has 3 rings (SSSR count). The Kier molecular flexibility index (Phi) is 3.89. The smallest absolute Gasteiger partial charge is 0.312 e. The van der Waals surface area contributed by atoms with Crippen molar-refractivity contribution >= 4 is 29.1 Å². The van der Waals surface area contributed by atoms with Crippen LogP contribution < -0.4 is 0 Å². The van der Waals surface area contributed by atoms with Gasteiger partial charge in [-0.15, -0.1) is 11.3 Å². The van der Waals surface area contributed by atoms with Crippen molar-refractivity contribution in [3.8, 4) is 10.8 Å². The Morgan fingerprint density at radius 2 is 2.53 bits per heavy atom. The lowest BCUT2D eigenvalue weighted by atomic mass is 10.3. The van der Waals surface area contributed by atoms with Crippen molar-refractivity contribution in [1.29, 1.82) is 0 Å². The highest BCUT2D eigenvalue weighted by atomic mass is 32.2. The van der Waals surface area contributed by atoms with Gasteiger partial charge >= 0.3 is 5.97 Å². The van der Waals surface area contributed by atoms with Gasteiger partial charge in [0.1, 0.15) is 12.4 Å². The van der Waals surface area contributed by atoms with Crippen molar-refractivity contribution < 1.29 is 13.9 Å². The molecule has 1 atom stereocenters. The van der Waals surface area contributed by atoms with Crippen molar-refractivity contribution in [2.75, 3.05) is 11.5 Å². The van der Waals surface area contributed by atoms with Gasteiger partial charge in [0.15, 0.2) is 0 Å². The fourth-order valence-electron chi connectivity index (χ4n) is 1.88. The Labute approximate surface area is 119 Å². The standard InChI is InChI=1S/C13H13NO3S2/c15-12(17-10-3-5-18-8-10)6-9-7-16-13(14-9)11-2-1-4-19-11/h1-2,4,7,10H,3,5-6,8H2. The summed E-state index contributed by atoms with van der Waals surface area (Å²) in [7, 11) is 0. The predicted molar refractivity (Wildman–Crippen MR) is 75.3 cm³/mol. The number of oxazole rings is 1. The third-order valence-electron chi connectivity index (χ3n) is 2.80. The maximum absolute atomic E-state index is 11.8. The van der Waals surface area contributed by atoms with Gasteiger partial charge in [0, 0.05) is 5.75 Å². The van der Waals surface area contributed by atoms with Gasteiger partial charge in [-0.3, -0.25) is 4.79 Å². The van der Waals surface area contributed by atoms with Crippen LogP contribution in [0, 0.1) is 0 Å². The maximum Gasteiger partial charge on any atom is 0.312 e. The van der Waals surface area contributed by atoms with Crippen molar-refractivity contribution in [1.82, 2.24) is 4.98 Å². The Morgan fingerprint density at radius 1 is 1.58 bits per heavy atom. The number of carbonyl (C=O) groups is 1. The highest BCUT2D eigenvalue weighted by Crippen LogP contribution is 2.24. The second-order valence-corrected chi connectivity index (χ2v) is 6.37. The molecule has 100 valence electrons. The molecule has 0 amide bonds. The van der Waals surface area contributed by atoms with Gasteiger partial charge in [0.2, 0.25) is 5.89 Å². The minimum absolute atomic E-state index is 0.0705.